The highest BCUT2D eigenvalue weighted by atomic mass is 19.1. The molecule has 2 aliphatic heterocycles. The lowest BCUT2D eigenvalue weighted by Crippen LogP contribution is -2.49. The maximum atomic E-state index is 13.8. The molecular formula is C20H24FN5O2. The van der Waals surface area contributed by atoms with Gasteiger partial charge < -0.3 is 19.4 Å². The lowest BCUT2D eigenvalue weighted by atomic mass is 10.1. The minimum Gasteiger partial charge on any atom is -0.378 e. The molecule has 0 bridgehead atoms. The summed E-state index contributed by atoms with van der Waals surface area (Å²) in [5.74, 6) is 0.452. The zero-order valence-corrected chi connectivity index (χ0v) is 15.8. The largest absolute Gasteiger partial charge is 0.378 e. The number of hydrogen-bond acceptors (Lipinski definition) is 6. The third-order valence-electron chi connectivity index (χ3n) is 5.26. The van der Waals surface area contributed by atoms with Crippen molar-refractivity contribution >= 4 is 17.4 Å². The summed E-state index contributed by atoms with van der Waals surface area (Å²) in [4.78, 5) is 18.7. The highest BCUT2D eigenvalue weighted by Crippen LogP contribution is 2.21. The van der Waals surface area contributed by atoms with Crippen LogP contribution in [0, 0.1) is 5.82 Å². The van der Waals surface area contributed by atoms with Crippen LogP contribution in [0.1, 0.15) is 5.56 Å². The van der Waals surface area contributed by atoms with Crippen LogP contribution in [0.25, 0.3) is 0 Å². The lowest BCUT2D eigenvalue weighted by molar-refractivity contribution is -0.130. The van der Waals surface area contributed by atoms with Gasteiger partial charge in [-0.15, -0.1) is 5.10 Å². The van der Waals surface area contributed by atoms with E-state index in [1.54, 1.807) is 29.3 Å². The zero-order chi connectivity index (χ0) is 19.3. The molecule has 4 rings (SSSR count). The summed E-state index contributed by atoms with van der Waals surface area (Å²) in [6, 6.07) is 8.49. The van der Waals surface area contributed by atoms with Gasteiger partial charge in [-0.05, 0) is 11.6 Å². The van der Waals surface area contributed by atoms with Crippen LogP contribution in [0.5, 0.6) is 0 Å². The molecule has 0 atom stereocenters. The van der Waals surface area contributed by atoms with Gasteiger partial charge in [0.05, 0.1) is 31.5 Å². The Morgan fingerprint density at radius 1 is 1.04 bits per heavy atom. The smallest absolute Gasteiger partial charge is 0.227 e. The van der Waals surface area contributed by atoms with Crippen LogP contribution in [-0.4, -0.2) is 73.5 Å². The molecule has 0 spiro atoms. The van der Waals surface area contributed by atoms with E-state index in [9.17, 15) is 9.18 Å². The fraction of sp³-hybridized carbons (Fsp3) is 0.450. The van der Waals surface area contributed by atoms with Crippen molar-refractivity contribution in [3.63, 3.8) is 0 Å². The van der Waals surface area contributed by atoms with Gasteiger partial charge in [0.1, 0.15) is 5.82 Å². The number of halogens is 1. The molecule has 2 aliphatic rings. The van der Waals surface area contributed by atoms with E-state index in [0.717, 1.165) is 37.8 Å². The maximum Gasteiger partial charge on any atom is 0.227 e. The van der Waals surface area contributed by atoms with Gasteiger partial charge in [-0.25, -0.2) is 4.39 Å². The molecule has 1 amide bonds. The number of nitrogens with zero attached hydrogens (tertiary/aromatic N) is 5. The third kappa shape index (κ3) is 4.22. The number of aromatic nitrogens is 2. The molecule has 1 aromatic carbocycles. The van der Waals surface area contributed by atoms with Crippen molar-refractivity contribution in [2.75, 3.05) is 62.3 Å². The minimum absolute atomic E-state index is 0.0436. The quantitative estimate of drug-likeness (QED) is 0.792. The van der Waals surface area contributed by atoms with E-state index in [0.29, 0.717) is 31.7 Å². The first-order chi connectivity index (χ1) is 13.7. The number of rotatable bonds is 4. The SMILES string of the molecule is O=C(Cc1ccccc1F)N1CCN(c2cc(N3CCOCC3)cnn2)CC1. The van der Waals surface area contributed by atoms with Gasteiger partial charge in [-0.1, -0.05) is 18.2 Å². The van der Waals surface area contributed by atoms with Gasteiger partial charge >= 0.3 is 0 Å². The molecule has 1 aromatic heterocycles. The van der Waals surface area contributed by atoms with Crippen molar-refractivity contribution < 1.29 is 13.9 Å². The van der Waals surface area contributed by atoms with Crippen molar-refractivity contribution in [1.82, 2.24) is 15.1 Å². The minimum atomic E-state index is -0.329. The van der Waals surface area contributed by atoms with Gasteiger partial charge in [0, 0.05) is 45.3 Å². The van der Waals surface area contributed by atoms with E-state index in [2.05, 4.69) is 26.1 Å². The molecule has 7 nitrogen and oxygen atoms in total. The summed E-state index contributed by atoms with van der Waals surface area (Å²) in [7, 11) is 0. The third-order valence-corrected chi connectivity index (χ3v) is 5.26. The van der Waals surface area contributed by atoms with Crippen LogP contribution < -0.4 is 9.80 Å². The normalized spacial score (nSPS) is 17.7. The fourth-order valence-electron chi connectivity index (χ4n) is 3.60. The molecule has 148 valence electrons. The Bertz CT molecular complexity index is 820. The summed E-state index contributed by atoms with van der Waals surface area (Å²) in [5.41, 5.74) is 1.49. The molecule has 2 fully saturated rings. The molecule has 28 heavy (non-hydrogen) atoms. The van der Waals surface area contributed by atoms with E-state index >= 15 is 0 Å². The summed E-state index contributed by atoms with van der Waals surface area (Å²) in [6.45, 7) is 5.70. The summed E-state index contributed by atoms with van der Waals surface area (Å²) in [5, 5.41) is 8.43. The summed E-state index contributed by atoms with van der Waals surface area (Å²) >= 11 is 0. The van der Waals surface area contributed by atoms with E-state index in [1.165, 1.54) is 6.07 Å². The van der Waals surface area contributed by atoms with Gasteiger partial charge in [0.2, 0.25) is 5.91 Å². The number of piperazine rings is 1. The molecule has 8 heteroatoms. The van der Waals surface area contributed by atoms with Crippen molar-refractivity contribution in [3.05, 3.63) is 47.9 Å². The van der Waals surface area contributed by atoms with Crippen LogP contribution >= 0.6 is 0 Å². The van der Waals surface area contributed by atoms with Crippen molar-refractivity contribution in [2.45, 2.75) is 6.42 Å². The Morgan fingerprint density at radius 3 is 2.54 bits per heavy atom. The van der Waals surface area contributed by atoms with Crippen molar-refractivity contribution in [1.29, 1.82) is 0 Å². The second-order valence-corrected chi connectivity index (χ2v) is 7.01. The van der Waals surface area contributed by atoms with Crippen LogP contribution in [0.15, 0.2) is 36.5 Å². The first kappa shape index (κ1) is 18.6. The number of carbonyl (C=O) groups excluding carboxylic acids is 1. The number of carbonyl (C=O) groups is 1. The molecule has 2 aromatic rings. The van der Waals surface area contributed by atoms with E-state index in [4.69, 9.17) is 4.74 Å². The zero-order valence-electron chi connectivity index (χ0n) is 15.8. The lowest BCUT2D eigenvalue weighted by Gasteiger charge is -2.36. The second-order valence-electron chi connectivity index (χ2n) is 7.01. The van der Waals surface area contributed by atoms with Crippen LogP contribution in [0.3, 0.4) is 0 Å². The molecular weight excluding hydrogens is 361 g/mol. The van der Waals surface area contributed by atoms with Crippen LogP contribution in [0.2, 0.25) is 0 Å². The Morgan fingerprint density at radius 2 is 1.79 bits per heavy atom. The van der Waals surface area contributed by atoms with E-state index < -0.39 is 0 Å². The summed E-state index contributed by atoms with van der Waals surface area (Å²) < 4.78 is 19.2. The predicted molar refractivity (Wildman–Crippen MR) is 104 cm³/mol. The average molecular weight is 385 g/mol. The number of benzene rings is 1. The highest BCUT2D eigenvalue weighted by molar-refractivity contribution is 5.79. The van der Waals surface area contributed by atoms with Gasteiger partial charge in [-0.2, -0.15) is 5.10 Å². The number of hydrogen-bond donors (Lipinski definition) is 0. The van der Waals surface area contributed by atoms with Gasteiger partial charge in [0.25, 0.3) is 0 Å². The summed E-state index contributed by atoms with van der Waals surface area (Å²) in [6.07, 6.45) is 1.88. The van der Waals surface area contributed by atoms with Crippen LogP contribution in [-0.2, 0) is 16.0 Å². The number of anilines is 2. The Labute approximate surface area is 163 Å². The highest BCUT2D eigenvalue weighted by Gasteiger charge is 2.23. The standard InChI is InChI=1S/C20H24FN5O2/c21-18-4-2-1-3-16(18)13-20(27)26-7-5-25(6-8-26)19-14-17(15-22-23-19)24-9-11-28-12-10-24/h1-4,14-15H,5-13H2. The molecule has 0 N–H and O–H groups in total. The second kappa shape index (κ2) is 8.52. The van der Waals surface area contributed by atoms with E-state index in [-0.39, 0.29) is 18.1 Å². The molecule has 0 saturated carbocycles. The Kier molecular flexibility index (Phi) is 5.66. The maximum absolute atomic E-state index is 13.8. The van der Waals surface area contributed by atoms with Gasteiger partial charge in [0.15, 0.2) is 5.82 Å². The molecule has 2 saturated heterocycles. The number of morpholine rings is 1. The van der Waals surface area contributed by atoms with Crippen molar-refractivity contribution in [2.24, 2.45) is 0 Å². The number of amides is 1. The molecule has 0 aliphatic carbocycles. The fourth-order valence-corrected chi connectivity index (χ4v) is 3.60. The first-order valence-corrected chi connectivity index (χ1v) is 9.62. The molecule has 0 radical (unpaired) electrons. The van der Waals surface area contributed by atoms with E-state index in [1.807, 2.05) is 0 Å². The molecule has 0 unspecified atom stereocenters. The Balaban J connectivity index is 1.35. The topological polar surface area (TPSA) is 61.8 Å². The number of ether oxygens (including phenoxy) is 1. The average Bonchev–Trinajstić information content (AvgIpc) is 2.76. The van der Waals surface area contributed by atoms with Crippen molar-refractivity contribution in [3.8, 4) is 0 Å². The Hall–Kier alpha value is -2.74. The van der Waals surface area contributed by atoms with Crippen LogP contribution in [0.4, 0.5) is 15.9 Å². The predicted octanol–water partition coefficient (Wildman–Crippen LogP) is 1.34. The first-order valence-electron chi connectivity index (χ1n) is 9.62. The molecule has 3 heterocycles. The monoisotopic (exact) mass is 385 g/mol. The van der Waals surface area contributed by atoms with Gasteiger partial charge in [-0.3, -0.25) is 4.79 Å².